The molecule has 0 radical (unpaired) electrons. The maximum absolute atomic E-state index is 12.8. The van der Waals surface area contributed by atoms with E-state index in [-0.39, 0.29) is 29.2 Å². The Balaban J connectivity index is 2.50. The molecule has 0 fully saturated rings. The fraction of sp³-hybridized carbons (Fsp3) is 0.333. The maximum Gasteiger partial charge on any atom is 0.193 e. The van der Waals surface area contributed by atoms with E-state index in [0.29, 0.717) is 16.7 Å². The van der Waals surface area contributed by atoms with Gasteiger partial charge in [0, 0.05) is 16.7 Å². The first-order chi connectivity index (χ1) is 11.2. The molecule has 0 aliphatic rings. The lowest BCUT2D eigenvalue weighted by Gasteiger charge is -2.17. The second kappa shape index (κ2) is 7.00. The van der Waals surface area contributed by atoms with Crippen LogP contribution in [0.15, 0.2) is 36.4 Å². The SMILES string of the molecule is CC(=O)c1ccc(C(=O)c2cc(C(C)C)c(O)c(C(C)C)c2)cc1. The molecule has 2 aromatic rings. The minimum absolute atomic E-state index is 0.0252. The molecule has 0 bridgehead atoms. The summed E-state index contributed by atoms with van der Waals surface area (Å²) in [5.74, 6) is 0.394. The van der Waals surface area contributed by atoms with Gasteiger partial charge in [0.2, 0.25) is 0 Å². The third-order valence-electron chi connectivity index (χ3n) is 4.23. The van der Waals surface area contributed by atoms with Gasteiger partial charge in [-0.3, -0.25) is 9.59 Å². The second-order valence-electron chi connectivity index (χ2n) is 6.78. The second-order valence-corrected chi connectivity index (χ2v) is 6.78. The number of rotatable bonds is 5. The first-order valence-corrected chi connectivity index (χ1v) is 8.24. The zero-order valence-corrected chi connectivity index (χ0v) is 14.9. The van der Waals surface area contributed by atoms with Gasteiger partial charge in [-0.05, 0) is 42.0 Å². The van der Waals surface area contributed by atoms with Crippen LogP contribution in [0.3, 0.4) is 0 Å². The van der Waals surface area contributed by atoms with Gasteiger partial charge in [-0.25, -0.2) is 0 Å². The van der Waals surface area contributed by atoms with Crippen LogP contribution >= 0.6 is 0 Å². The van der Waals surface area contributed by atoms with Gasteiger partial charge in [0.05, 0.1) is 0 Å². The zero-order chi connectivity index (χ0) is 18.0. The fourth-order valence-electron chi connectivity index (χ4n) is 2.71. The average Bonchev–Trinajstić information content (AvgIpc) is 2.53. The van der Waals surface area contributed by atoms with Crippen LogP contribution in [0.4, 0.5) is 0 Å². The van der Waals surface area contributed by atoms with E-state index >= 15 is 0 Å². The van der Waals surface area contributed by atoms with Gasteiger partial charge in [0.15, 0.2) is 11.6 Å². The number of carbonyl (C=O) groups excluding carboxylic acids is 2. The van der Waals surface area contributed by atoms with Crippen molar-refractivity contribution in [3.05, 3.63) is 64.2 Å². The first kappa shape index (κ1) is 17.9. The summed E-state index contributed by atoms with van der Waals surface area (Å²) in [5, 5.41) is 10.5. The van der Waals surface area contributed by atoms with Crippen LogP contribution in [-0.2, 0) is 0 Å². The minimum Gasteiger partial charge on any atom is -0.507 e. The highest BCUT2D eigenvalue weighted by molar-refractivity contribution is 6.09. The number of hydrogen-bond donors (Lipinski definition) is 1. The molecule has 0 aliphatic carbocycles. The number of aromatic hydroxyl groups is 1. The van der Waals surface area contributed by atoms with Gasteiger partial charge in [0.1, 0.15) is 5.75 Å². The average molecular weight is 324 g/mol. The zero-order valence-electron chi connectivity index (χ0n) is 14.9. The highest BCUT2D eigenvalue weighted by Crippen LogP contribution is 2.35. The lowest BCUT2D eigenvalue weighted by Crippen LogP contribution is -2.06. The van der Waals surface area contributed by atoms with Crippen LogP contribution in [0, 0.1) is 0 Å². The fourth-order valence-corrected chi connectivity index (χ4v) is 2.71. The summed E-state index contributed by atoms with van der Waals surface area (Å²) in [6.07, 6.45) is 0. The Hall–Kier alpha value is -2.42. The number of phenols is 1. The molecule has 3 heteroatoms. The minimum atomic E-state index is -0.103. The van der Waals surface area contributed by atoms with E-state index < -0.39 is 0 Å². The molecule has 0 aliphatic heterocycles. The summed E-state index contributed by atoms with van der Waals surface area (Å²) in [7, 11) is 0. The van der Waals surface area contributed by atoms with Crippen LogP contribution in [0.2, 0.25) is 0 Å². The third-order valence-corrected chi connectivity index (χ3v) is 4.23. The molecule has 3 nitrogen and oxygen atoms in total. The van der Waals surface area contributed by atoms with Crippen molar-refractivity contribution in [1.82, 2.24) is 0 Å². The third kappa shape index (κ3) is 3.56. The van der Waals surface area contributed by atoms with Crippen LogP contribution in [0.25, 0.3) is 0 Å². The van der Waals surface area contributed by atoms with Crippen LogP contribution < -0.4 is 0 Å². The van der Waals surface area contributed by atoms with Crippen LogP contribution in [0.1, 0.15) is 83.9 Å². The van der Waals surface area contributed by atoms with Crippen LogP contribution in [-0.4, -0.2) is 16.7 Å². The number of carbonyl (C=O) groups is 2. The Bertz CT molecular complexity index is 739. The molecule has 0 spiro atoms. The van der Waals surface area contributed by atoms with Gasteiger partial charge in [0.25, 0.3) is 0 Å². The van der Waals surface area contributed by atoms with Gasteiger partial charge in [-0.1, -0.05) is 52.0 Å². The lowest BCUT2D eigenvalue weighted by atomic mass is 9.89. The summed E-state index contributed by atoms with van der Waals surface area (Å²) >= 11 is 0. The molecule has 0 saturated carbocycles. The normalized spacial score (nSPS) is 11.1. The van der Waals surface area contributed by atoms with E-state index in [2.05, 4.69) is 0 Å². The summed E-state index contributed by atoms with van der Waals surface area (Å²) in [6.45, 7) is 9.48. The Morgan fingerprint density at radius 3 is 1.58 bits per heavy atom. The van der Waals surface area contributed by atoms with Crippen molar-refractivity contribution in [2.24, 2.45) is 0 Å². The lowest BCUT2D eigenvalue weighted by molar-refractivity contribution is 0.101. The molecule has 0 atom stereocenters. The standard InChI is InChI=1S/C21H24O3/c1-12(2)18-10-17(11-19(13(3)4)21(18)24)20(23)16-8-6-15(7-9-16)14(5)22/h6-13,24H,1-5H3. The molecule has 126 valence electrons. The molecule has 2 aromatic carbocycles. The molecule has 0 amide bonds. The van der Waals surface area contributed by atoms with Gasteiger partial charge < -0.3 is 5.11 Å². The Morgan fingerprint density at radius 2 is 1.21 bits per heavy atom. The van der Waals surface area contributed by atoms with Crippen LogP contribution in [0.5, 0.6) is 5.75 Å². The van der Waals surface area contributed by atoms with Gasteiger partial charge in [-0.15, -0.1) is 0 Å². The largest absolute Gasteiger partial charge is 0.507 e. The van der Waals surface area contributed by atoms with Crippen molar-refractivity contribution in [1.29, 1.82) is 0 Å². The van der Waals surface area contributed by atoms with Crippen molar-refractivity contribution >= 4 is 11.6 Å². The summed E-state index contributed by atoms with van der Waals surface area (Å²) in [4.78, 5) is 24.2. The monoisotopic (exact) mass is 324 g/mol. The van der Waals surface area contributed by atoms with E-state index in [1.807, 2.05) is 27.7 Å². The van der Waals surface area contributed by atoms with Crippen molar-refractivity contribution < 1.29 is 14.7 Å². The number of hydrogen-bond acceptors (Lipinski definition) is 3. The molecule has 0 saturated heterocycles. The summed E-state index contributed by atoms with van der Waals surface area (Å²) in [6, 6.07) is 10.2. The molecule has 1 N–H and O–H groups in total. The maximum atomic E-state index is 12.8. The number of ketones is 2. The summed E-state index contributed by atoms with van der Waals surface area (Å²) < 4.78 is 0. The van der Waals surface area contributed by atoms with Crippen molar-refractivity contribution in [3.8, 4) is 5.75 Å². The van der Waals surface area contributed by atoms with Gasteiger partial charge in [-0.2, -0.15) is 0 Å². The molecule has 0 heterocycles. The van der Waals surface area contributed by atoms with E-state index in [4.69, 9.17) is 0 Å². The highest BCUT2D eigenvalue weighted by atomic mass is 16.3. The van der Waals surface area contributed by atoms with E-state index in [9.17, 15) is 14.7 Å². The predicted octanol–water partition coefficient (Wildman–Crippen LogP) is 5.07. The molecule has 0 aromatic heterocycles. The highest BCUT2D eigenvalue weighted by Gasteiger charge is 2.19. The van der Waals surface area contributed by atoms with Crippen molar-refractivity contribution in [2.75, 3.05) is 0 Å². The summed E-state index contributed by atoms with van der Waals surface area (Å²) in [5.41, 5.74) is 3.25. The van der Waals surface area contributed by atoms with Gasteiger partial charge >= 0.3 is 0 Å². The van der Waals surface area contributed by atoms with E-state index in [1.54, 1.807) is 36.4 Å². The van der Waals surface area contributed by atoms with E-state index in [1.165, 1.54) is 6.92 Å². The molecular formula is C21H24O3. The molecule has 2 rings (SSSR count). The smallest absolute Gasteiger partial charge is 0.193 e. The number of benzene rings is 2. The number of phenolic OH excluding ortho intramolecular Hbond substituents is 1. The molecule has 24 heavy (non-hydrogen) atoms. The Labute approximate surface area is 143 Å². The quantitative estimate of drug-likeness (QED) is 0.781. The molecular weight excluding hydrogens is 300 g/mol. The Morgan fingerprint density at radius 1 is 0.792 bits per heavy atom. The topological polar surface area (TPSA) is 54.4 Å². The first-order valence-electron chi connectivity index (χ1n) is 8.24. The van der Waals surface area contributed by atoms with Crippen molar-refractivity contribution in [2.45, 2.75) is 46.5 Å². The Kier molecular flexibility index (Phi) is 5.23. The number of Topliss-reactive ketones (excluding diaryl/α,β-unsaturated/α-hetero) is 1. The van der Waals surface area contributed by atoms with Crippen molar-refractivity contribution in [3.63, 3.8) is 0 Å². The van der Waals surface area contributed by atoms with E-state index in [0.717, 1.165) is 11.1 Å². The predicted molar refractivity (Wildman–Crippen MR) is 96.2 cm³/mol. The molecule has 0 unspecified atom stereocenters.